The Balaban J connectivity index is 2.28. The fraction of sp³-hybridized carbons (Fsp3) is 1.00. The number of rotatable bonds is 6. The minimum Gasteiger partial charge on any atom is -0.374 e. The summed E-state index contributed by atoms with van der Waals surface area (Å²) in [4.78, 5) is 4.73. The first-order valence-electron chi connectivity index (χ1n) is 5.84. The lowest BCUT2D eigenvalue weighted by molar-refractivity contribution is -0.0348. The van der Waals surface area contributed by atoms with Crippen LogP contribution in [0.15, 0.2) is 0 Å². The van der Waals surface area contributed by atoms with Crippen LogP contribution in [-0.4, -0.2) is 68.2 Å². The number of alkyl halides is 1. The van der Waals surface area contributed by atoms with E-state index in [0.29, 0.717) is 12.0 Å². The molecule has 0 N–H and O–H groups in total. The van der Waals surface area contributed by atoms with Crippen molar-refractivity contribution in [2.45, 2.75) is 19.4 Å². The molecule has 1 heterocycles. The average molecular weight is 235 g/mol. The standard InChI is InChI=1S/C11H23ClN2O/c1-3-5-14(6-4-12)10-11-9-13(2)7-8-15-11/h11H,3-10H2,1-2H3. The van der Waals surface area contributed by atoms with Crippen molar-refractivity contribution in [3.05, 3.63) is 0 Å². The zero-order valence-electron chi connectivity index (χ0n) is 9.91. The van der Waals surface area contributed by atoms with Gasteiger partial charge in [-0.2, -0.15) is 0 Å². The van der Waals surface area contributed by atoms with E-state index in [-0.39, 0.29) is 0 Å². The van der Waals surface area contributed by atoms with Gasteiger partial charge in [-0.15, -0.1) is 11.6 Å². The first-order chi connectivity index (χ1) is 7.26. The van der Waals surface area contributed by atoms with E-state index >= 15 is 0 Å². The number of hydrogen-bond acceptors (Lipinski definition) is 3. The highest BCUT2D eigenvalue weighted by atomic mass is 35.5. The predicted octanol–water partition coefficient (Wildman–Crippen LogP) is 1.27. The number of hydrogen-bond donors (Lipinski definition) is 0. The maximum Gasteiger partial charge on any atom is 0.0829 e. The Morgan fingerprint density at radius 1 is 1.47 bits per heavy atom. The molecular formula is C11H23ClN2O. The largest absolute Gasteiger partial charge is 0.374 e. The molecule has 0 aromatic carbocycles. The fourth-order valence-electron chi connectivity index (χ4n) is 2.00. The highest BCUT2D eigenvalue weighted by molar-refractivity contribution is 6.18. The van der Waals surface area contributed by atoms with Crippen LogP contribution >= 0.6 is 11.6 Å². The molecule has 1 fully saturated rings. The van der Waals surface area contributed by atoms with E-state index in [1.165, 1.54) is 6.42 Å². The summed E-state index contributed by atoms with van der Waals surface area (Å²) in [6.07, 6.45) is 1.54. The van der Waals surface area contributed by atoms with E-state index in [4.69, 9.17) is 16.3 Å². The molecule has 1 rings (SSSR count). The second kappa shape index (κ2) is 7.44. The summed E-state index contributed by atoms with van der Waals surface area (Å²) in [6, 6.07) is 0. The number of morpholine rings is 1. The van der Waals surface area contributed by atoms with E-state index in [1.54, 1.807) is 0 Å². The third-order valence-corrected chi connectivity index (χ3v) is 2.91. The molecular weight excluding hydrogens is 212 g/mol. The molecule has 0 spiro atoms. The van der Waals surface area contributed by atoms with Gasteiger partial charge in [0.1, 0.15) is 0 Å². The Bertz CT molecular complexity index is 160. The van der Waals surface area contributed by atoms with E-state index in [0.717, 1.165) is 39.3 Å². The summed E-state index contributed by atoms with van der Waals surface area (Å²) in [5.41, 5.74) is 0. The van der Waals surface area contributed by atoms with Crippen molar-refractivity contribution in [1.82, 2.24) is 9.80 Å². The van der Waals surface area contributed by atoms with Crippen molar-refractivity contribution >= 4 is 11.6 Å². The minimum absolute atomic E-state index is 0.360. The second-order valence-corrected chi connectivity index (χ2v) is 4.62. The molecule has 0 bridgehead atoms. The molecule has 4 heteroatoms. The van der Waals surface area contributed by atoms with Crippen molar-refractivity contribution in [2.24, 2.45) is 0 Å². The van der Waals surface area contributed by atoms with Gasteiger partial charge in [-0.1, -0.05) is 6.92 Å². The monoisotopic (exact) mass is 234 g/mol. The van der Waals surface area contributed by atoms with Crippen LogP contribution in [0, 0.1) is 0 Å². The van der Waals surface area contributed by atoms with Crippen LogP contribution in [-0.2, 0) is 4.74 Å². The Hall–Kier alpha value is 0.170. The molecule has 0 aromatic heterocycles. The van der Waals surface area contributed by atoms with Gasteiger partial charge in [-0.25, -0.2) is 0 Å². The fourth-order valence-corrected chi connectivity index (χ4v) is 2.23. The van der Waals surface area contributed by atoms with Gasteiger partial charge in [-0.3, -0.25) is 4.90 Å². The lowest BCUT2D eigenvalue weighted by Gasteiger charge is -2.33. The lowest BCUT2D eigenvalue weighted by Crippen LogP contribution is -2.46. The predicted molar refractivity (Wildman–Crippen MR) is 64.7 cm³/mol. The molecule has 0 aliphatic carbocycles. The molecule has 1 unspecified atom stereocenters. The summed E-state index contributed by atoms with van der Waals surface area (Å²) < 4.78 is 5.75. The van der Waals surface area contributed by atoms with E-state index in [2.05, 4.69) is 23.8 Å². The maximum atomic E-state index is 5.79. The van der Waals surface area contributed by atoms with Crippen LogP contribution in [0.1, 0.15) is 13.3 Å². The molecule has 3 nitrogen and oxygen atoms in total. The Labute approximate surface area is 98.3 Å². The first-order valence-corrected chi connectivity index (χ1v) is 6.38. The van der Waals surface area contributed by atoms with Crippen LogP contribution in [0.5, 0.6) is 0 Å². The topological polar surface area (TPSA) is 15.7 Å². The van der Waals surface area contributed by atoms with Gasteiger partial charge < -0.3 is 9.64 Å². The second-order valence-electron chi connectivity index (χ2n) is 4.24. The van der Waals surface area contributed by atoms with Gasteiger partial charge in [0.05, 0.1) is 12.7 Å². The quantitative estimate of drug-likeness (QED) is 0.644. The molecule has 0 aromatic rings. The molecule has 0 radical (unpaired) electrons. The van der Waals surface area contributed by atoms with Crippen molar-refractivity contribution in [2.75, 3.05) is 52.3 Å². The zero-order valence-corrected chi connectivity index (χ0v) is 10.7. The average Bonchev–Trinajstić information content (AvgIpc) is 2.18. The summed E-state index contributed by atoms with van der Waals surface area (Å²) in [5.74, 6) is 0.711. The van der Waals surface area contributed by atoms with Crippen molar-refractivity contribution in [1.29, 1.82) is 0 Å². The third kappa shape index (κ3) is 5.16. The number of nitrogens with zero attached hydrogens (tertiary/aromatic N) is 2. The summed E-state index contributed by atoms with van der Waals surface area (Å²) in [6.45, 7) is 8.28. The van der Waals surface area contributed by atoms with Gasteiger partial charge in [0.2, 0.25) is 0 Å². The minimum atomic E-state index is 0.360. The van der Waals surface area contributed by atoms with Crippen molar-refractivity contribution in [3.63, 3.8) is 0 Å². The molecule has 1 aliphatic heterocycles. The summed E-state index contributed by atoms with van der Waals surface area (Å²) in [7, 11) is 2.15. The molecule has 0 saturated carbocycles. The van der Waals surface area contributed by atoms with E-state index in [9.17, 15) is 0 Å². The van der Waals surface area contributed by atoms with Crippen LogP contribution < -0.4 is 0 Å². The van der Waals surface area contributed by atoms with Gasteiger partial charge >= 0.3 is 0 Å². The molecule has 1 atom stereocenters. The highest BCUT2D eigenvalue weighted by Gasteiger charge is 2.19. The summed E-state index contributed by atoms with van der Waals surface area (Å²) >= 11 is 5.79. The normalized spacial score (nSPS) is 23.6. The molecule has 15 heavy (non-hydrogen) atoms. The van der Waals surface area contributed by atoms with Crippen LogP contribution in [0.3, 0.4) is 0 Å². The Morgan fingerprint density at radius 2 is 2.27 bits per heavy atom. The van der Waals surface area contributed by atoms with Gasteiger partial charge in [0.15, 0.2) is 0 Å². The molecule has 0 amide bonds. The molecule has 90 valence electrons. The smallest absolute Gasteiger partial charge is 0.0829 e. The number of halogens is 1. The summed E-state index contributed by atoms with van der Waals surface area (Å²) in [5, 5.41) is 0. The highest BCUT2D eigenvalue weighted by Crippen LogP contribution is 2.06. The van der Waals surface area contributed by atoms with Gasteiger partial charge in [0, 0.05) is 32.1 Å². The maximum absolute atomic E-state index is 5.79. The third-order valence-electron chi connectivity index (χ3n) is 2.74. The van der Waals surface area contributed by atoms with Crippen molar-refractivity contribution in [3.8, 4) is 0 Å². The van der Waals surface area contributed by atoms with Gasteiger partial charge in [0.25, 0.3) is 0 Å². The Morgan fingerprint density at radius 3 is 2.87 bits per heavy atom. The lowest BCUT2D eigenvalue weighted by atomic mass is 10.2. The SMILES string of the molecule is CCCN(CCCl)CC1CN(C)CCO1. The molecule has 1 saturated heterocycles. The molecule has 1 aliphatic rings. The van der Waals surface area contributed by atoms with Crippen LogP contribution in [0.4, 0.5) is 0 Å². The van der Waals surface area contributed by atoms with Gasteiger partial charge in [-0.05, 0) is 20.0 Å². The van der Waals surface area contributed by atoms with Crippen LogP contribution in [0.2, 0.25) is 0 Å². The first kappa shape index (κ1) is 13.2. The van der Waals surface area contributed by atoms with Crippen molar-refractivity contribution < 1.29 is 4.74 Å². The van der Waals surface area contributed by atoms with E-state index < -0.39 is 0 Å². The van der Waals surface area contributed by atoms with E-state index in [1.807, 2.05) is 0 Å². The zero-order chi connectivity index (χ0) is 11.1. The van der Waals surface area contributed by atoms with Crippen LogP contribution in [0.25, 0.3) is 0 Å². The number of ether oxygens (including phenoxy) is 1. The number of likely N-dealkylation sites (N-methyl/N-ethyl adjacent to an activating group) is 1. The Kier molecular flexibility index (Phi) is 6.57.